The average Bonchev–Trinajstić information content (AvgIpc) is 3.13. The fourth-order valence-corrected chi connectivity index (χ4v) is 5.11. The minimum absolute atomic E-state index is 0.0900. The van der Waals surface area contributed by atoms with Gasteiger partial charge in [0.05, 0.1) is 21.6 Å². The summed E-state index contributed by atoms with van der Waals surface area (Å²) >= 11 is 13.3. The number of alkyl halides is 2. The zero-order chi connectivity index (χ0) is 28.7. The fourth-order valence-electron chi connectivity index (χ4n) is 4.54. The van der Waals surface area contributed by atoms with Crippen molar-refractivity contribution in [3.63, 3.8) is 0 Å². The number of nitrogens with one attached hydrogen (secondary N) is 3. The quantitative estimate of drug-likeness (QED) is 0.301. The van der Waals surface area contributed by atoms with Gasteiger partial charge in [-0.15, -0.1) is 0 Å². The summed E-state index contributed by atoms with van der Waals surface area (Å²) in [5, 5.41) is 9.74. The Labute approximate surface area is 236 Å². The van der Waals surface area contributed by atoms with Crippen LogP contribution in [0.4, 0.5) is 14.5 Å². The van der Waals surface area contributed by atoms with Gasteiger partial charge >= 0.3 is 0 Å². The highest BCUT2D eigenvalue weighted by molar-refractivity contribution is 6.36. The van der Waals surface area contributed by atoms with Gasteiger partial charge in [0.25, 0.3) is 11.8 Å². The topological polar surface area (TPSA) is 88.1 Å². The number of aromatic nitrogens is 2. The lowest BCUT2D eigenvalue weighted by atomic mass is 9.88. The standard InChI is InChI=1S/C28H33Cl2F2N5O2/c1-6-33-20-11-22-21(9-18(20)25(38)35-16-12-28(31,32)13-16)36-23(37(22)5)10-17-19(29)8-7-15(24(17)30)14-34-26(39)27(2,3)4/h7-9,11,16,33H,6,10,12-14H2,1-5H3,(H,34,39)(H,35,38). The van der Waals surface area contributed by atoms with Crippen molar-refractivity contribution in [2.45, 2.75) is 65.5 Å². The van der Waals surface area contributed by atoms with Crippen molar-refractivity contribution in [3.8, 4) is 0 Å². The molecular formula is C28H33Cl2F2N5O2. The Morgan fingerprint density at radius 3 is 2.49 bits per heavy atom. The number of carbonyl (C=O) groups is 2. The molecule has 1 fully saturated rings. The summed E-state index contributed by atoms with van der Waals surface area (Å²) in [4.78, 5) is 30.1. The third-order valence-electron chi connectivity index (χ3n) is 6.87. The molecule has 0 unspecified atom stereocenters. The van der Waals surface area contributed by atoms with Crippen molar-refractivity contribution in [1.82, 2.24) is 20.2 Å². The predicted octanol–water partition coefficient (Wildman–Crippen LogP) is 6.09. The summed E-state index contributed by atoms with van der Waals surface area (Å²) in [5.41, 5.74) is 3.19. The van der Waals surface area contributed by atoms with E-state index >= 15 is 0 Å². The van der Waals surface area contributed by atoms with Crippen molar-refractivity contribution < 1.29 is 18.4 Å². The first-order chi connectivity index (χ1) is 18.2. The van der Waals surface area contributed by atoms with E-state index in [9.17, 15) is 18.4 Å². The number of hydrogen-bond donors (Lipinski definition) is 3. The first kappa shape index (κ1) is 29.1. The summed E-state index contributed by atoms with van der Waals surface area (Å²) in [6.45, 7) is 8.26. The van der Waals surface area contributed by atoms with E-state index in [-0.39, 0.29) is 25.3 Å². The summed E-state index contributed by atoms with van der Waals surface area (Å²) in [7, 11) is 1.87. The van der Waals surface area contributed by atoms with Gasteiger partial charge in [-0.2, -0.15) is 0 Å². The molecule has 0 radical (unpaired) electrons. The van der Waals surface area contributed by atoms with Gasteiger partial charge in [0.1, 0.15) is 5.82 Å². The lowest BCUT2D eigenvalue weighted by molar-refractivity contribution is -0.128. The lowest BCUT2D eigenvalue weighted by Crippen LogP contribution is -2.50. The van der Waals surface area contributed by atoms with E-state index in [2.05, 4.69) is 16.0 Å². The summed E-state index contributed by atoms with van der Waals surface area (Å²) in [6.07, 6.45) is -0.392. The van der Waals surface area contributed by atoms with Gasteiger partial charge in [0, 0.05) is 61.6 Å². The van der Waals surface area contributed by atoms with Crippen LogP contribution in [0.3, 0.4) is 0 Å². The minimum Gasteiger partial charge on any atom is -0.385 e. The molecule has 3 aromatic rings. The Hall–Kier alpha value is -2.91. The van der Waals surface area contributed by atoms with Gasteiger partial charge in [0.15, 0.2) is 0 Å². The smallest absolute Gasteiger partial charge is 0.253 e. The first-order valence-electron chi connectivity index (χ1n) is 12.9. The van der Waals surface area contributed by atoms with E-state index in [1.165, 1.54) is 0 Å². The summed E-state index contributed by atoms with van der Waals surface area (Å²) in [6, 6.07) is 6.49. The second-order valence-corrected chi connectivity index (χ2v) is 11.8. The highest BCUT2D eigenvalue weighted by Crippen LogP contribution is 2.38. The van der Waals surface area contributed by atoms with Crippen molar-refractivity contribution in [2.75, 3.05) is 11.9 Å². The van der Waals surface area contributed by atoms with E-state index in [1.54, 1.807) is 18.2 Å². The van der Waals surface area contributed by atoms with E-state index in [4.69, 9.17) is 28.2 Å². The largest absolute Gasteiger partial charge is 0.385 e. The number of fused-ring (bicyclic) bond motifs is 1. The third-order valence-corrected chi connectivity index (χ3v) is 7.70. The first-order valence-corrected chi connectivity index (χ1v) is 13.6. The molecule has 7 nitrogen and oxygen atoms in total. The van der Waals surface area contributed by atoms with Crippen LogP contribution in [0.2, 0.25) is 10.0 Å². The normalized spacial score (nSPS) is 15.2. The molecule has 1 aliphatic carbocycles. The Balaban J connectivity index is 1.62. The fraction of sp³-hybridized carbons (Fsp3) is 0.464. The third kappa shape index (κ3) is 6.30. The highest BCUT2D eigenvalue weighted by atomic mass is 35.5. The number of benzene rings is 2. The number of aryl methyl sites for hydroxylation is 1. The maximum absolute atomic E-state index is 13.3. The Bertz CT molecular complexity index is 1420. The molecule has 2 amide bonds. The van der Waals surface area contributed by atoms with Crippen LogP contribution < -0.4 is 16.0 Å². The Morgan fingerprint density at radius 1 is 1.18 bits per heavy atom. The van der Waals surface area contributed by atoms with Crippen LogP contribution in [-0.2, 0) is 24.8 Å². The van der Waals surface area contributed by atoms with Crippen LogP contribution in [-0.4, -0.2) is 39.9 Å². The Morgan fingerprint density at radius 2 is 1.87 bits per heavy atom. The molecule has 11 heteroatoms. The van der Waals surface area contributed by atoms with Crippen molar-refractivity contribution in [2.24, 2.45) is 12.5 Å². The molecule has 4 rings (SSSR count). The number of nitrogens with zero attached hydrogens (tertiary/aromatic N) is 2. The van der Waals surface area contributed by atoms with Gasteiger partial charge in [-0.25, -0.2) is 13.8 Å². The monoisotopic (exact) mass is 579 g/mol. The predicted molar refractivity (Wildman–Crippen MR) is 151 cm³/mol. The molecule has 1 aliphatic rings. The maximum atomic E-state index is 13.3. The number of rotatable bonds is 8. The number of anilines is 1. The molecule has 0 atom stereocenters. The van der Waals surface area contributed by atoms with Gasteiger partial charge in [-0.3, -0.25) is 9.59 Å². The lowest BCUT2D eigenvalue weighted by Gasteiger charge is -2.35. The van der Waals surface area contributed by atoms with Gasteiger partial charge < -0.3 is 20.5 Å². The van der Waals surface area contributed by atoms with E-state index in [1.807, 2.05) is 45.4 Å². The van der Waals surface area contributed by atoms with Crippen molar-refractivity contribution in [1.29, 1.82) is 0 Å². The minimum atomic E-state index is -2.72. The molecule has 1 saturated carbocycles. The highest BCUT2D eigenvalue weighted by Gasteiger charge is 2.46. The molecule has 0 bridgehead atoms. The van der Waals surface area contributed by atoms with Crippen LogP contribution in [0.25, 0.3) is 11.0 Å². The van der Waals surface area contributed by atoms with Crippen LogP contribution >= 0.6 is 23.2 Å². The van der Waals surface area contributed by atoms with Crippen molar-refractivity contribution in [3.05, 3.63) is 56.8 Å². The molecule has 0 spiro atoms. The van der Waals surface area contributed by atoms with Crippen LogP contribution in [0.1, 0.15) is 67.8 Å². The number of carbonyl (C=O) groups excluding carboxylic acids is 2. The molecule has 1 heterocycles. The molecule has 1 aromatic heterocycles. The van der Waals surface area contributed by atoms with Gasteiger partial charge in [0.2, 0.25) is 5.91 Å². The molecular weight excluding hydrogens is 547 g/mol. The second-order valence-electron chi connectivity index (χ2n) is 11.0. The number of imidazole rings is 1. The summed E-state index contributed by atoms with van der Waals surface area (Å²) in [5.74, 6) is -2.56. The van der Waals surface area contributed by atoms with Gasteiger partial charge in [-0.05, 0) is 36.2 Å². The van der Waals surface area contributed by atoms with Crippen molar-refractivity contribution >= 4 is 51.7 Å². The zero-order valence-electron chi connectivity index (χ0n) is 22.6. The molecule has 2 aromatic carbocycles. The van der Waals surface area contributed by atoms with E-state index < -0.39 is 23.3 Å². The van der Waals surface area contributed by atoms with Gasteiger partial charge in [-0.1, -0.05) is 50.0 Å². The van der Waals surface area contributed by atoms with Crippen LogP contribution in [0.15, 0.2) is 24.3 Å². The average molecular weight is 581 g/mol. The molecule has 210 valence electrons. The second kappa shape index (κ2) is 10.9. The van der Waals surface area contributed by atoms with E-state index in [0.29, 0.717) is 51.2 Å². The zero-order valence-corrected chi connectivity index (χ0v) is 24.2. The van der Waals surface area contributed by atoms with E-state index in [0.717, 1.165) is 11.1 Å². The SMILES string of the molecule is CCNc1cc2c(cc1C(=O)NC1CC(F)(F)C1)nc(Cc1c(Cl)ccc(CNC(=O)C(C)(C)C)c1Cl)n2C. The molecule has 0 saturated heterocycles. The van der Waals surface area contributed by atoms with Crippen LogP contribution in [0, 0.1) is 5.41 Å². The molecule has 39 heavy (non-hydrogen) atoms. The van der Waals surface area contributed by atoms with Crippen LogP contribution in [0.5, 0.6) is 0 Å². The Kier molecular flexibility index (Phi) is 8.15. The maximum Gasteiger partial charge on any atom is 0.253 e. The number of hydrogen-bond acceptors (Lipinski definition) is 4. The summed E-state index contributed by atoms with van der Waals surface area (Å²) < 4.78 is 28.4. The number of halogens is 4. The molecule has 3 N–H and O–H groups in total. The number of amides is 2. The molecule has 0 aliphatic heterocycles.